The molecule has 5 rings (SSSR count). The molecule has 0 fully saturated rings. The van der Waals surface area contributed by atoms with E-state index in [9.17, 15) is 0 Å². The summed E-state index contributed by atoms with van der Waals surface area (Å²) in [4.78, 5) is 3.57. The standard InChI is InChI=1S/C26H24N4S/c1-4-10-20(11-5-1)18-30-19-23(29-31-24-14-8-3-9-15-24)16-22-17-25(27-28-26(22)30)21-12-6-2-7-13-21/h1-15,17,23,29H,16,18-19H2. The van der Waals surface area contributed by atoms with Gasteiger partial charge in [-0.3, -0.25) is 4.72 Å². The number of hydrogen-bond acceptors (Lipinski definition) is 5. The van der Waals surface area contributed by atoms with Crippen molar-refractivity contribution in [3.05, 3.63) is 108 Å². The van der Waals surface area contributed by atoms with Gasteiger partial charge in [-0.25, -0.2) is 0 Å². The van der Waals surface area contributed by atoms with Crippen molar-refractivity contribution in [3.8, 4) is 11.3 Å². The molecule has 0 saturated carbocycles. The third kappa shape index (κ3) is 4.79. The van der Waals surface area contributed by atoms with E-state index in [1.807, 2.05) is 24.3 Å². The lowest BCUT2D eigenvalue weighted by Crippen LogP contribution is -2.44. The molecule has 3 aromatic carbocycles. The smallest absolute Gasteiger partial charge is 0.154 e. The van der Waals surface area contributed by atoms with Gasteiger partial charge in [-0.05, 0) is 42.1 Å². The van der Waals surface area contributed by atoms with Gasteiger partial charge < -0.3 is 4.90 Å². The minimum atomic E-state index is 0.314. The second-order valence-electron chi connectivity index (χ2n) is 7.74. The summed E-state index contributed by atoms with van der Waals surface area (Å²) in [5.41, 5.74) is 4.54. The quantitative estimate of drug-likeness (QED) is 0.421. The molecule has 1 aliphatic rings. The summed E-state index contributed by atoms with van der Waals surface area (Å²) in [6, 6.07) is 33.8. The Morgan fingerprint density at radius 2 is 1.52 bits per heavy atom. The van der Waals surface area contributed by atoms with Gasteiger partial charge in [0.15, 0.2) is 5.82 Å². The maximum atomic E-state index is 4.67. The molecule has 0 bridgehead atoms. The fourth-order valence-corrected chi connectivity index (χ4v) is 4.69. The van der Waals surface area contributed by atoms with Crippen LogP contribution in [0.25, 0.3) is 11.3 Å². The van der Waals surface area contributed by atoms with E-state index in [-0.39, 0.29) is 0 Å². The summed E-state index contributed by atoms with van der Waals surface area (Å²) in [5, 5.41) is 9.22. The van der Waals surface area contributed by atoms with E-state index in [0.717, 1.165) is 36.6 Å². The fourth-order valence-electron chi connectivity index (χ4n) is 3.94. The fraction of sp³-hybridized carbons (Fsp3) is 0.154. The van der Waals surface area contributed by atoms with Crippen LogP contribution in [0.4, 0.5) is 5.82 Å². The Morgan fingerprint density at radius 1 is 0.839 bits per heavy atom. The molecule has 2 heterocycles. The molecule has 1 aliphatic heterocycles. The van der Waals surface area contributed by atoms with Crippen molar-refractivity contribution in [2.75, 3.05) is 11.4 Å². The lowest BCUT2D eigenvalue weighted by molar-refractivity contribution is 0.560. The summed E-state index contributed by atoms with van der Waals surface area (Å²) in [5.74, 6) is 0.992. The highest BCUT2D eigenvalue weighted by atomic mass is 32.2. The van der Waals surface area contributed by atoms with Crippen LogP contribution in [0.15, 0.2) is 102 Å². The molecule has 0 saturated heterocycles. The number of rotatable bonds is 6. The van der Waals surface area contributed by atoms with E-state index in [0.29, 0.717) is 6.04 Å². The average molecular weight is 425 g/mol. The number of aromatic nitrogens is 2. The van der Waals surface area contributed by atoms with Gasteiger partial charge in [0, 0.05) is 35.2 Å². The predicted octanol–water partition coefficient (Wildman–Crippen LogP) is 5.37. The van der Waals surface area contributed by atoms with Gasteiger partial charge in [-0.2, -0.15) is 0 Å². The van der Waals surface area contributed by atoms with Crippen LogP contribution in [-0.4, -0.2) is 22.8 Å². The molecule has 4 nitrogen and oxygen atoms in total. The highest BCUT2D eigenvalue weighted by Crippen LogP contribution is 2.30. The maximum Gasteiger partial charge on any atom is 0.154 e. The number of nitrogens with one attached hydrogen (secondary N) is 1. The molecular formula is C26H24N4S. The number of fused-ring (bicyclic) bond motifs is 1. The summed E-state index contributed by atoms with van der Waals surface area (Å²) < 4.78 is 3.68. The van der Waals surface area contributed by atoms with Crippen molar-refractivity contribution in [3.63, 3.8) is 0 Å². The molecule has 1 unspecified atom stereocenters. The van der Waals surface area contributed by atoms with Gasteiger partial charge in [-0.15, -0.1) is 10.2 Å². The first-order chi connectivity index (χ1) is 15.3. The Hall–Kier alpha value is -3.15. The molecule has 154 valence electrons. The van der Waals surface area contributed by atoms with E-state index >= 15 is 0 Å². The number of nitrogens with zero attached hydrogens (tertiary/aromatic N) is 3. The number of anilines is 1. The molecule has 4 aromatic rings. The van der Waals surface area contributed by atoms with Gasteiger partial charge in [0.25, 0.3) is 0 Å². The van der Waals surface area contributed by atoms with E-state index in [1.165, 1.54) is 16.0 Å². The Balaban J connectivity index is 1.42. The predicted molar refractivity (Wildman–Crippen MR) is 128 cm³/mol. The molecule has 31 heavy (non-hydrogen) atoms. The van der Waals surface area contributed by atoms with Gasteiger partial charge in [-0.1, -0.05) is 78.9 Å². The van der Waals surface area contributed by atoms with Crippen LogP contribution < -0.4 is 9.62 Å². The van der Waals surface area contributed by atoms with E-state index in [1.54, 1.807) is 11.9 Å². The minimum absolute atomic E-state index is 0.314. The van der Waals surface area contributed by atoms with Crippen LogP contribution in [0.1, 0.15) is 11.1 Å². The number of hydrogen-bond donors (Lipinski definition) is 1. The molecule has 5 heteroatoms. The van der Waals surface area contributed by atoms with Crippen molar-refractivity contribution in [1.82, 2.24) is 14.9 Å². The van der Waals surface area contributed by atoms with Crippen LogP contribution in [0.5, 0.6) is 0 Å². The van der Waals surface area contributed by atoms with Crippen LogP contribution in [0.3, 0.4) is 0 Å². The molecule has 1 N–H and O–H groups in total. The van der Waals surface area contributed by atoms with Crippen LogP contribution in [-0.2, 0) is 13.0 Å². The highest BCUT2D eigenvalue weighted by molar-refractivity contribution is 7.97. The van der Waals surface area contributed by atoms with Crippen molar-refractivity contribution in [1.29, 1.82) is 0 Å². The Labute approximate surface area is 187 Å². The Bertz CT molecular complexity index is 1120. The highest BCUT2D eigenvalue weighted by Gasteiger charge is 2.27. The van der Waals surface area contributed by atoms with Crippen molar-refractivity contribution < 1.29 is 0 Å². The first kappa shape index (κ1) is 19.8. The molecule has 1 atom stereocenters. The lowest BCUT2D eigenvalue weighted by atomic mass is 9.99. The molecule has 0 spiro atoms. The Morgan fingerprint density at radius 3 is 2.26 bits per heavy atom. The second-order valence-corrected chi connectivity index (χ2v) is 8.66. The molecule has 0 radical (unpaired) electrons. The maximum absolute atomic E-state index is 4.67. The molecular weight excluding hydrogens is 400 g/mol. The van der Waals surface area contributed by atoms with Crippen molar-refractivity contribution in [2.24, 2.45) is 0 Å². The lowest BCUT2D eigenvalue weighted by Gasteiger charge is -2.35. The monoisotopic (exact) mass is 424 g/mol. The topological polar surface area (TPSA) is 41.0 Å². The summed E-state index contributed by atoms with van der Waals surface area (Å²) in [6.45, 7) is 1.71. The third-order valence-corrected chi connectivity index (χ3v) is 6.39. The minimum Gasteiger partial charge on any atom is -0.349 e. The normalized spacial score (nSPS) is 15.5. The average Bonchev–Trinajstić information content (AvgIpc) is 2.84. The largest absolute Gasteiger partial charge is 0.349 e. The van der Waals surface area contributed by atoms with Crippen LogP contribution in [0, 0.1) is 0 Å². The summed E-state index contributed by atoms with van der Waals surface area (Å²) >= 11 is 1.70. The zero-order valence-corrected chi connectivity index (χ0v) is 18.0. The third-order valence-electron chi connectivity index (χ3n) is 5.43. The van der Waals surface area contributed by atoms with Gasteiger partial charge in [0.1, 0.15) is 0 Å². The van der Waals surface area contributed by atoms with Gasteiger partial charge in [0.2, 0.25) is 0 Å². The SMILES string of the molecule is c1ccc(CN2CC(NSc3ccccc3)Cc3cc(-c4ccccc4)nnc32)cc1. The number of benzene rings is 3. The van der Waals surface area contributed by atoms with E-state index in [4.69, 9.17) is 0 Å². The first-order valence-corrected chi connectivity index (χ1v) is 11.3. The van der Waals surface area contributed by atoms with Gasteiger partial charge >= 0.3 is 0 Å². The van der Waals surface area contributed by atoms with Crippen molar-refractivity contribution in [2.45, 2.75) is 23.9 Å². The molecule has 0 aliphatic carbocycles. The van der Waals surface area contributed by atoms with E-state index in [2.05, 4.69) is 92.6 Å². The van der Waals surface area contributed by atoms with Crippen LogP contribution in [0.2, 0.25) is 0 Å². The molecule has 0 amide bonds. The zero-order chi connectivity index (χ0) is 20.9. The first-order valence-electron chi connectivity index (χ1n) is 10.5. The zero-order valence-electron chi connectivity index (χ0n) is 17.2. The van der Waals surface area contributed by atoms with Gasteiger partial charge in [0.05, 0.1) is 5.69 Å². The molecule has 1 aromatic heterocycles. The van der Waals surface area contributed by atoms with Crippen molar-refractivity contribution >= 4 is 17.8 Å². The summed E-state index contributed by atoms with van der Waals surface area (Å²) in [7, 11) is 0. The Kier molecular flexibility index (Phi) is 5.96. The van der Waals surface area contributed by atoms with Crippen LogP contribution >= 0.6 is 11.9 Å². The summed E-state index contributed by atoms with van der Waals surface area (Å²) in [6.07, 6.45) is 0.926. The second kappa shape index (κ2) is 9.33. The van der Waals surface area contributed by atoms with E-state index < -0.39 is 0 Å².